The van der Waals surface area contributed by atoms with Crippen LogP contribution in [0.15, 0.2) is 24.3 Å². The number of rotatable bonds is 18. The molecule has 0 aromatic heterocycles. The van der Waals surface area contributed by atoms with Gasteiger partial charge in [0.1, 0.15) is 6.54 Å². The van der Waals surface area contributed by atoms with Crippen molar-refractivity contribution in [3.63, 3.8) is 0 Å². The van der Waals surface area contributed by atoms with Gasteiger partial charge in [-0.3, -0.25) is 4.57 Å². The molecule has 0 spiro atoms. The van der Waals surface area contributed by atoms with Crippen LogP contribution in [-0.4, -0.2) is 52.4 Å². The van der Waals surface area contributed by atoms with Crippen molar-refractivity contribution in [2.24, 2.45) is 0 Å². The molecule has 0 radical (unpaired) electrons. The SMILES string of the molecule is CCC/C=C\CCCC/C=C\CCCCCCCC(O)(C[N+](C)(C)C)P(=O)(O)O. The highest BCUT2D eigenvalue weighted by atomic mass is 31.2. The topological polar surface area (TPSA) is 77.8 Å². The van der Waals surface area contributed by atoms with Crippen molar-refractivity contribution in [1.82, 2.24) is 0 Å². The van der Waals surface area contributed by atoms with Crippen molar-refractivity contribution < 1.29 is 23.9 Å². The van der Waals surface area contributed by atoms with Crippen LogP contribution in [0.2, 0.25) is 0 Å². The summed E-state index contributed by atoms with van der Waals surface area (Å²) in [5.41, 5.74) is 0. The van der Waals surface area contributed by atoms with E-state index in [-0.39, 0.29) is 13.0 Å². The van der Waals surface area contributed by atoms with Crippen molar-refractivity contribution in [3.8, 4) is 0 Å². The molecule has 0 aliphatic rings. The van der Waals surface area contributed by atoms with Crippen LogP contribution in [0.5, 0.6) is 0 Å². The zero-order valence-corrected chi connectivity index (χ0v) is 20.2. The van der Waals surface area contributed by atoms with Crippen LogP contribution in [0.25, 0.3) is 0 Å². The highest BCUT2D eigenvalue weighted by Crippen LogP contribution is 2.52. The monoisotopic (exact) mass is 432 g/mol. The van der Waals surface area contributed by atoms with E-state index in [4.69, 9.17) is 0 Å². The quantitative estimate of drug-likeness (QED) is 0.111. The maximum atomic E-state index is 11.7. The van der Waals surface area contributed by atoms with Crippen LogP contribution in [-0.2, 0) is 4.57 Å². The Kier molecular flexibility index (Phi) is 15.1. The zero-order chi connectivity index (χ0) is 22.2. The fraction of sp³-hybridized carbons (Fsp3) is 0.826. The largest absolute Gasteiger partial charge is 0.373 e. The fourth-order valence-corrected chi connectivity index (χ4v) is 4.50. The van der Waals surface area contributed by atoms with Crippen LogP contribution >= 0.6 is 7.60 Å². The molecule has 3 N–H and O–H groups in total. The van der Waals surface area contributed by atoms with Gasteiger partial charge in [0.25, 0.3) is 0 Å². The molecular weight excluding hydrogens is 385 g/mol. The number of nitrogens with zero attached hydrogens (tertiary/aromatic N) is 1. The molecule has 1 unspecified atom stereocenters. The molecule has 6 heteroatoms. The van der Waals surface area contributed by atoms with E-state index in [0.717, 1.165) is 38.5 Å². The van der Waals surface area contributed by atoms with Crippen molar-refractivity contribution >= 4 is 7.60 Å². The van der Waals surface area contributed by atoms with E-state index in [1.165, 1.54) is 32.1 Å². The first-order valence-corrected chi connectivity index (χ1v) is 13.0. The molecule has 0 aromatic carbocycles. The molecular formula is C23H47NO4P+. The number of hydrogen-bond donors (Lipinski definition) is 3. The van der Waals surface area contributed by atoms with E-state index >= 15 is 0 Å². The number of quaternary nitrogens is 1. The summed E-state index contributed by atoms with van der Waals surface area (Å²) in [5.74, 6) is 0. The molecule has 0 amide bonds. The Balaban J connectivity index is 3.77. The second-order valence-electron chi connectivity index (χ2n) is 9.30. The van der Waals surface area contributed by atoms with E-state index in [1.807, 2.05) is 21.1 Å². The maximum absolute atomic E-state index is 11.7. The predicted octanol–water partition coefficient (Wildman–Crippen LogP) is 5.76. The molecule has 5 nitrogen and oxygen atoms in total. The maximum Gasteiger partial charge on any atom is 0.362 e. The normalized spacial score (nSPS) is 15.4. The standard InChI is InChI=1S/C23H46NO4P/c1-5-6-7-8-9-10-11-12-13-14-15-16-17-18-19-20-21-23(25,29(26,27)28)22-24(2,3)4/h7-8,13-14,25H,5-6,9-12,15-22H2,1-4H3,(H-,26,27,28)/p+1/b8-7-,14-13-. The average Bonchev–Trinajstić information content (AvgIpc) is 2.59. The van der Waals surface area contributed by atoms with E-state index in [2.05, 4.69) is 31.2 Å². The molecule has 0 bridgehead atoms. The Morgan fingerprint density at radius 1 is 0.759 bits per heavy atom. The summed E-state index contributed by atoms with van der Waals surface area (Å²) in [5, 5.41) is 8.59. The molecule has 172 valence electrons. The third kappa shape index (κ3) is 16.0. The lowest BCUT2D eigenvalue weighted by Gasteiger charge is -2.35. The van der Waals surface area contributed by atoms with Crippen LogP contribution in [0.4, 0.5) is 0 Å². The van der Waals surface area contributed by atoms with Gasteiger partial charge in [0.15, 0.2) is 0 Å². The van der Waals surface area contributed by atoms with Gasteiger partial charge in [-0.05, 0) is 57.8 Å². The summed E-state index contributed by atoms with van der Waals surface area (Å²) in [7, 11) is 0.950. The number of hydrogen-bond acceptors (Lipinski definition) is 2. The van der Waals surface area contributed by atoms with Gasteiger partial charge in [0.05, 0.1) is 21.1 Å². The molecule has 0 saturated carbocycles. The van der Waals surface area contributed by atoms with Gasteiger partial charge in [-0.1, -0.05) is 56.9 Å². The first-order chi connectivity index (χ1) is 13.5. The van der Waals surface area contributed by atoms with Gasteiger partial charge in [-0.2, -0.15) is 0 Å². The zero-order valence-electron chi connectivity index (χ0n) is 19.4. The Morgan fingerprint density at radius 3 is 1.62 bits per heavy atom. The summed E-state index contributed by atoms with van der Waals surface area (Å²) < 4.78 is 12.1. The van der Waals surface area contributed by atoms with Crippen molar-refractivity contribution in [2.45, 2.75) is 95.7 Å². The van der Waals surface area contributed by atoms with Gasteiger partial charge < -0.3 is 19.4 Å². The lowest BCUT2D eigenvalue weighted by Crippen LogP contribution is -2.49. The van der Waals surface area contributed by atoms with Gasteiger partial charge in [0.2, 0.25) is 5.34 Å². The summed E-state index contributed by atoms with van der Waals surface area (Å²) in [6.45, 7) is 2.26. The predicted molar refractivity (Wildman–Crippen MR) is 124 cm³/mol. The molecule has 29 heavy (non-hydrogen) atoms. The minimum atomic E-state index is -4.55. The second kappa shape index (κ2) is 15.4. The Bertz CT molecular complexity index is 507. The third-order valence-electron chi connectivity index (χ3n) is 5.00. The first kappa shape index (κ1) is 28.5. The molecule has 0 aliphatic heterocycles. The Labute approximate surface area is 179 Å². The van der Waals surface area contributed by atoms with Gasteiger partial charge in [0, 0.05) is 0 Å². The molecule has 0 aliphatic carbocycles. The first-order valence-electron chi connectivity index (χ1n) is 11.4. The third-order valence-corrected chi connectivity index (χ3v) is 6.45. The molecule has 0 heterocycles. The molecule has 1 atom stereocenters. The van der Waals surface area contributed by atoms with Crippen LogP contribution < -0.4 is 0 Å². The van der Waals surface area contributed by atoms with E-state index < -0.39 is 12.9 Å². The van der Waals surface area contributed by atoms with Gasteiger partial charge in [-0.25, -0.2) is 0 Å². The fourth-order valence-electron chi connectivity index (χ4n) is 3.44. The lowest BCUT2D eigenvalue weighted by molar-refractivity contribution is -0.875. The molecule has 0 fully saturated rings. The van der Waals surface area contributed by atoms with Crippen molar-refractivity contribution in [3.05, 3.63) is 24.3 Å². The minimum Gasteiger partial charge on any atom is -0.373 e. The van der Waals surface area contributed by atoms with Crippen LogP contribution in [0.1, 0.15) is 90.4 Å². The summed E-state index contributed by atoms with van der Waals surface area (Å²) in [6, 6.07) is 0. The lowest BCUT2D eigenvalue weighted by atomic mass is 10.1. The second-order valence-corrected chi connectivity index (χ2v) is 11.2. The number of likely N-dealkylation sites (N-methyl/N-ethyl adjacent to an activating group) is 1. The van der Waals surface area contributed by atoms with Crippen LogP contribution in [0.3, 0.4) is 0 Å². The van der Waals surface area contributed by atoms with Crippen molar-refractivity contribution in [2.75, 3.05) is 27.7 Å². The molecule has 0 saturated heterocycles. The Morgan fingerprint density at radius 2 is 1.17 bits per heavy atom. The van der Waals surface area contributed by atoms with Crippen LogP contribution in [0, 0.1) is 0 Å². The summed E-state index contributed by atoms with van der Waals surface area (Å²) in [6.07, 6.45) is 22.6. The number of aliphatic hydroxyl groups is 1. The molecule has 0 rings (SSSR count). The highest BCUT2D eigenvalue weighted by molar-refractivity contribution is 7.53. The number of allylic oxidation sites excluding steroid dienone is 4. The van der Waals surface area contributed by atoms with Gasteiger partial charge in [-0.15, -0.1) is 0 Å². The van der Waals surface area contributed by atoms with E-state index in [9.17, 15) is 19.5 Å². The van der Waals surface area contributed by atoms with Gasteiger partial charge >= 0.3 is 7.60 Å². The summed E-state index contributed by atoms with van der Waals surface area (Å²) in [4.78, 5) is 19.1. The summed E-state index contributed by atoms with van der Waals surface area (Å²) >= 11 is 0. The smallest absolute Gasteiger partial charge is 0.362 e. The minimum absolute atomic E-state index is 0.0527. The molecule has 0 aromatic rings. The van der Waals surface area contributed by atoms with E-state index in [1.54, 1.807) is 0 Å². The Hall–Kier alpha value is -0.450. The van der Waals surface area contributed by atoms with E-state index in [0.29, 0.717) is 10.9 Å². The average molecular weight is 433 g/mol. The van der Waals surface area contributed by atoms with Crippen molar-refractivity contribution in [1.29, 1.82) is 0 Å². The highest BCUT2D eigenvalue weighted by Gasteiger charge is 2.48. The number of unbranched alkanes of at least 4 members (excludes halogenated alkanes) is 9.